The van der Waals surface area contributed by atoms with Crippen LogP contribution < -0.4 is 10.3 Å². The van der Waals surface area contributed by atoms with Gasteiger partial charge in [0.15, 0.2) is 0 Å². The Morgan fingerprint density at radius 1 is 1.25 bits per heavy atom. The summed E-state index contributed by atoms with van der Waals surface area (Å²) in [4.78, 5) is 12.1. The molecule has 1 heterocycles. The molecule has 0 atom stereocenters. The van der Waals surface area contributed by atoms with Crippen LogP contribution in [-0.2, 0) is 19.3 Å². The summed E-state index contributed by atoms with van der Waals surface area (Å²) >= 11 is 0. The second-order valence-electron chi connectivity index (χ2n) is 5.22. The summed E-state index contributed by atoms with van der Waals surface area (Å²) in [6, 6.07) is 4.87. The van der Waals surface area contributed by atoms with E-state index < -0.39 is 23.9 Å². The standard InChI is InChI=1S/C16H17F3N2O3/c1-10-11(2)20-21(15(23)12(10)9-22)7-8-24-14-6-4-3-5-13(14)16(17,18)19/h3-6,22H,7-9H2,1-2H3. The van der Waals surface area contributed by atoms with Gasteiger partial charge in [0, 0.05) is 5.56 Å². The van der Waals surface area contributed by atoms with E-state index >= 15 is 0 Å². The maximum absolute atomic E-state index is 12.9. The maximum Gasteiger partial charge on any atom is 0.419 e. The molecule has 0 saturated heterocycles. The smallest absolute Gasteiger partial charge is 0.419 e. The van der Waals surface area contributed by atoms with Crippen molar-refractivity contribution in [3.8, 4) is 5.75 Å². The molecule has 2 aromatic rings. The molecule has 0 radical (unpaired) electrons. The van der Waals surface area contributed by atoms with Crippen LogP contribution in [0, 0.1) is 13.8 Å². The highest BCUT2D eigenvalue weighted by Crippen LogP contribution is 2.35. The fourth-order valence-corrected chi connectivity index (χ4v) is 2.24. The van der Waals surface area contributed by atoms with E-state index in [2.05, 4.69) is 5.10 Å². The zero-order chi connectivity index (χ0) is 17.9. The van der Waals surface area contributed by atoms with Crippen molar-refractivity contribution in [3.05, 3.63) is 57.0 Å². The van der Waals surface area contributed by atoms with Crippen molar-refractivity contribution in [1.82, 2.24) is 9.78 Å². The number of aryl methyl sites for hydroxylation is 1. The van der Waals surface area contributed by atoms with Crippen molar-refractivity contribution in [2.75, 3.05) is 6.61 Å². The van der Waals surface area contributed by atoms with Gasteiger partial charge in [-0.1, -0.05) is 12.1 Å². The predicted octanol–water partition coefficient (Wildman–Crippen LogP) is 2.45. The number of hydrogen-bond acceptors (Lipinski definition) is 4. The molecular formula is C16H17F3N2O3. The fourth-order valence-electron chi connectivity index (χ4n) is 2.24. The number of para-hydroxylation sites is 1. The second kappa shape index (κ2) is 7.04. The predicted molar refractivity (Wildman–Crippen MR) is 80.8 cm³/mol. The summed E-state index contributed by atoms with van der Waals surface area (Å²) in [6.07, 6.45) is -4.52. The van der Waals surface area contributed by atoms with E-state index in [-0.39, 0.29) is 24.5 Å². The summed E-state index contributed by atoms with van der Waals surface area (Å²) in [7, 11) is 0. The number of halogens is 3. The molecule has 0 fully saturated rings. The fraction of sp³-hybridized carbons (Fsp3) is 0.375. The summed E-state index contributed by atoms with van der Waals surface area (Å²) in [5, 5.41) is 13.4. The SMILES string of the molecule is Cc1nn(CCOc2ccccc2C(F)(F)F)c(=O)c(CO)c1C. The molecule has 8 heteroatoms. The molecule has 0 saturated carbocycles. The zero-order valence-electron chi connectivity index (χ0n) is 13.2. The first-order chi connectivity index (χ1) is 11.3. The lowest BCUT2D eigenvalue weighted by molar-refractivity contribution is -0.139. The number of aromatic nitrogens is 2. The molecule has 0 spiro atoms. The Hall–Kier alpha value is -2.35. The van der Waals surface area contributed by atoms with Gasteiger partial charge in [0.25, 0.3) is 5.56 Å². The average molecular weight is 342 g/mol. The number of aliphatic hydroxyl groups excluding tert-OH is 1. The molecule has 130 valence electrons. The monoisotopic (exact) mass is 342 g/mol. The van der Waals surface area contributed by atoms with Gasteiger partial charge in [0.1, 0.15) is 12.4 Å². The Morgan fingerprint density at radius 2 is 1.92 bits per heavy atom. The normalized spacial score (nSPS) is 11.6. The molecule has 0 aliphatic rings. The molecule has 0 amide bonds. The van der Waals surface area contributed by atoms with Gasteiger partial charge >= 0.3 is 6.18 Å². The minimum absolute atomic E-state index is 0.0286. The van der Waals surface area contributed by atoms with Crippen LogP contribution in [0.3, 0.4) is 0 Å². The van der Waals surface area contributed by atoms with Crippen molar-refractivity contribution in [1.29, 1.82) is 0 Å². The van der Waals surface area contributed by atoms with E-state index in [0.29, 0.717) is 11.3 Å². The maximum atomic E-state index is 12.9. The number of ether oxygens (including phenoxy) is 1. The summed E-state index contributed by atoms with van der Waals surface area (Å²) < 4.78 is 44.9. The number of rotatable bonds is 5. The van der Waals surface area contributed by atoms with Gasteiger partial charge in [-0.25, -0.2) is 4.68 Å². The van der Waals surface area contributed by atoms with Crippen molar-refractivity contribution in [2.45, 2.75) is 33.2 Å². The van der Waals surface area contributed by atoms with E-state index in [1.54, 1.807) is 13.8 Å². The molecule has 0 aliphatic heterocycles. The average Bonchev–Trinajstić information content (AvgIpc) is 2.52. The topological polar surface area (TPSA) is 64.4 Å². The van der Waals surface area contributed by atoms with Crippen molar-refractivity contribution >= 4 is 0 Å². The van der Waals surface area contributed by atoms with Gasteiger partial charge < -0.3 is 9.84 Å². The quantitative estimate of drug-likeness (QED) is 0.907. The van der Waals surface area contributed by atoms with Gasteiger partial charge in [-0.15, -0.1) is 0 Å². The largest absolute Gasteiger partial charge is 0.491 e. The van der Waals surface area contributed by atoms with E-state index in [0.717, 1.165) is 10.7 Å². The first kappa shape index (κ1) is 18.0. The van der Waals surface area contributed by atoms with E-state index in [4.69, 9.17) is 4.74 Å². The van der Waals surface area contributed by atoms with E-state index in [1.165, 1.54) is 18.2 Å². The van der Waals surface area contributed by atoms with Crippen molar-refractivity contribution < 1.29 is 23.0 Å². The van der Waals surface area contributed by atoms with Crippen molar-refractivity contribution in [2.24, 2.45) is 0 Å². The summed E-state index contributed by atoms with van der Waals surface area (Å²) in [5.74, 6) is -0.302. The first-order valence-electron chi connectivity index (χ1n) is 7.22. The summed E-state index contributed by atoms with van der Waals surface area (Å²) in [6.45, 7) is 2.75. The third-order valence-corrected chi connectivity index (χ3v) is 3.67. The van der Waals surface area contributed by atoms with Crippen LogP contribution in [0.1, 0.15) is 22.4 Å². The highest BCUT2D eigenvalue weighted by molar-refractivity contribution is 5.35. The van der Waals surface area contributed by atoms with Crippen LogP contribution in [0.15, 0.2) is 29.1 Å². The molecule has 2 rings (SSSR count). The molecule has 1 aromatic heterocycles. The number of hydrogen-bond donors (Lipinski definition) is 1. The number of aliphatic hydroxyl groups is 1. The van der Waals surface area contributed by atoms with Crippen LogP contribution in [-0.4, -0.2) is 21.5 Å². The summed E-state index contributed by atoms with van der Waals surface area (Å²) in [5.41, 5.74) is 0.0318. The lowest BCUT2D eigenvalue weighted by Crippen LogP contribution is -2.30. The lowest BCUT2D eigenvalue weighted by atomic mass is 10.1. The molecule has 0 unspecified atom stereocenters. The van der Waals surface area contributed by atoms with Crippen LogP contribution >= 0.6 is 0 Å². The Balaban J connectivity index is 2.17. The van der Waals surface area contributed by atoms with Gasteiger partial charge in [-0.2, -0.15) is 18.3 Å². The third kappa shape index (κ3) is 3.76. The van der Waals surface area contributed by atoms with Gasteiger partial charge in [0.2, 0.25) is 0 Å². The number of benzene rings is 1. The molecule has 0 aliphatic carbocycles. The molecule has 1 N–H and O–H groups in total. The van der Waals surface area contributed by atoms with Crippen molar-refractivity contribution in [3.63, 3.8) is 0 Å². The third-order valence-electron chi connectivity index (χ3n) is 3.67. The van der Waals surface area contributed by atoms with Gasteiger partial charge in [-0.3, -0.25) is 4.79 Å². The Morgan fingerprint density at radius 3 is 2.54 bits per heavy atom. The van der Waals surface area contributed by atoms with Crippen LogP contribution in [0.2, 0.25) is 0 Å². The molecule has 1 aromatic carbocycles. The van der Waals surface area contributed by atoms with Gasteiger partial charge in [0.05, 0.1) is 24.4 Å². The Bertz CT molecular complexity index is 785. The minimum Gasteiger partial charge on any atom is -0.491 e. The zero-order valence-corrected chi connectivity index (χ0v) is 13.2. The minimum atomic E-state index is -4.52. The van der Waals surface area contributed by atoms with Gasteiger partial charge in [-0.05, 0) is 31.5 Å². The van der Waals surface area contributed by atoms with Crippen LogP contribution in [0.4, 0.5) is 13.2 Å². The highest BCUT2D eigenvalue weighted by Gasteiger charge is 2.33. The first-order valence-corrected chi connectivity index (χ1v) is 7.22. The molecular weight excluding hydrogens is 325 g/mol. The molecule has 0 bridgehead atoms. The Kier molecular flexibility index (Phi) is 5.28. The Labute approximate surface area is 136 Å². The highest BCUT2D eigenvalue weighted by atomic mass is 19.4. The van der Waals surface area contributed by atoms with Crippen LogP contribution in [0.5, 0.6) is 5.75 Å². The molecule has 24 heavy (non-hydrogen) atoms. The second-order valence-corrected chi connectivity index (χ2v) is 5.22. The number of nitrogens with zero attached hydrogens (tertiary/aromatic N) is 2. The van der Waals surface area contributed by atoms with E-state index in [1.807, 2.05) is 0 Å². The van der Waals surface area contributed by atoms with E-state index in [9.17, 15) is 23.1 Å². The van der Waals surface area contributed by atoms with Crippen LogP contribution in [0.25, 0.3) is 0 Å². The molecule has 5 nitrogen and oxygen atoms in total. The number of alkyl halides is 3. The lowest BCUT2D eigenvalue weighted by Gasteiger charge is -2.15.